The number of carbonyl (C=O) groups excluding carboxylic acids is 1. The SMILES string of the molecule is CC(=O)c1c(F)cccc1OCCc1scnc1C. The van der Waals surface area contributed by atoms with Crippen molar-refractivity contribution in [3.05, 3.63) is 45.7 Å². The lowest BCUT2D eigenvalue weighted by Gasteiger charge is -2.10. The second-order valence-corrected chi connectivity index (χ2v) is 5.07. The van der Waals surface area contributed by atoms with Gasteiger partial charge in [0.05, 0.1) is 23.4 Å². The number of hydrogen-bond acceptors (Lipinski definition) is 4. The third kappa shape index (κ3) is 3.17. The van der Waals surface area contributed by atoms with Crippen molar-refractivity contribution >= 4 is 17.1 Å². The van der Waals surface area contributed by atoms with Crippen LogP contribution < -0.4 is 4.74 Å². The topological polar surface area (TPSA) is 39.2 Å². The standard InChI is InChI=1S/C14H14FNO2S/c1-9-13(19-8-16-9)6-7-18-12-5-3-4-11(15)14(12)10(2)17/h3-5,8H,6-7H2,1-2H3. The quantitative estimate of drug-likeness (QED) is 0.787. The van der Waals surface area contributed by atoms with E-state index in [1.54, 1.807) is 22.9 Å². The fraction of sp³-hybridized carbons (Fsp3) is 0.286. The van der Waals surface area contributed by atoms with Gasteiger partial charge >= 0.3 is 0 Å². The van der Waals surface area contributed by atoms with E-state index in [1.807, 2.05) is 6.92 Å². The highest BCUT2D eigenvalue weighted by molar-refractivity contribution is 7.09. The third-order valence-electron chi connectivity index (χ3n) is 2.76. The van der Waals surface area contributed by atoms with Crippen molar-refractivity contribution in [2.24, 2.45) is 0 Å². The Morgan fingerprint density at radius 1 is 1.47 bits per heavy atom. The Bertz CT molecular complexity index is 595. The number of halogens is 1. The number of ketones is 1. The minimum Gasteiger partial charge on any atom is -0.492 e. The van der Waals surface area contributed by atoms with E-state index in [0.29, 0.717) is 18.8 Å². The van der Waals surface area contributed by atoms with Crippen molar-refractivity contribution in [3.63, 3.8) is 0 Å². The first kappa shape index (κ1) is 13.7. The number of benzene rings is 1. The molecule has 2 rings (SSSR count). The van der Waals surface area contributed by atoms with Crippen LogP contribution in [0.3, 0.4) is 0 Å². The number of thiazole rings is 1. The number of rotatable bonds is 5. The number of aromatic nitrogens is 1. The van der Waals surface area contributed by atoms with Crippen LogP contribution >= 0.6 is 11.3 Å². The second kappa shape index (κ2) is 5.93. The van der Waals surface area contributed by atoms with Gasteiger partial charge < -0.3 is 4.74 Å². The molecule has 0 aliphatic carbocycles. The fourth-order valence-electron chi connectivity index (χ4n) is 1.79. The van der Waals surface area contributed by atoms with Gasteiger partial charge in [0.1, 0.15) is 11.6 Å². The zero-order chi connectivity index (χ0) is 13.8. The Hall–Kier alpha value is -1.75. The molecule has 0 atom stereocenters. The summed E-state index contributed by atoms with van der Waals surface area (Å²) in [5.74, 6) is -0.573. The van der Waals surface area contributed by atoms with Crippen molar-refractivity contribution in [2.75, 3.05) is 6.61 Å². The molecule has 0 aliphatic heterocycles. The Kier molecular flexibility index (Phi) is 4.27. The summed E-state index contributed by atoms with van der Waals surface area (Å²) in [6, 6.07) is 4.41. The third-order valence-corrected chi connectivity index (χ3v) is 3.75. The molecule has 2 aromatic rings. The molecule has 0 saturated carbocycles. The number of nitrogens with zero attached hydrogens (tertiary/aromatic N) is 1. The predicted octanol–water partition coefficient (Wildman–Crippen LogP) is 3.41. The number of Topliss-reactive ketones (excluding diaryl/α,β-unsaturated/α-hetero) is 1. The average molecular weight is 279 g/mol. The monoisotopic (exact) mass is 279 g/mol. The zero-order valence-corrected chi connectivity index (χ0v) is 11.6. The molecule has 5 heteroatoms. The van der Waals surface area contributed by atoms with Gasteiger partial charge in [0.25, 0.3) is 0 Å². The summed E-state index contributed by atoms with van der Waals surface area (Å²) >= 11 is 1.57. The molecule has 100 valence electrons. The molecular formula is C14H14FNO2S. The van der Waals surface area contributed by atoms with Gasteiger partial charge in [-0.05, 0) is 26.0 Å². The maximum absolute atomic E-state index is 13.6. The van der Waals surface area contributed by atoms with Crippen LogP contribution in [0.15, 0.2) is 23.7 Å². The van der Waals surface area contributed by atoms with E-state index in [4.69, 9.17) is 4.74 Å². The maximum Gasteiger partial charge on any atom is 0.166 e. The molecular weight excluding hydrogens is 265 g/mol. The fourth-order valence-corrected chi connectivity index (χ4v) is 2.55. The van der Waals surface area contributed by atoms with E-state index >= 15 is 0 Å². The first-order valence-corrected chi connectivity index (χ1v) is 6.78. The lowest BCUT2D eigenvalue weighted by Crippen LogP contribution is -2.07. The van der Waals surface area contributed by atoms with Gasteiger partial charge in [-0.1, -0.05) is 6.07 Å². The van der Waals surface area contributed by atoms with Crippen molar-refractivity contribution in [3.8, 4) is 5.75 Å². The van der Waals surface area contributed by atoms with Gasteiger partial charge in [-0.15, -0.1) is 11.3 Å². The summed E-state index contributed by atoms with van der Waals surface area (Å²) in [5.41, 5.74) is 2.79. The number of carbonyl (C=O) groups is 1. The average Bonchev–Trinajstić information content (AvgIpc) is 2.75. The summed E-state index contributed by atoms with van der Waals surface area (Å²) < 4.78 is 19.1. The smallest absolute Gasteiger partial charge is 0.166 e. The molecule has 1 heterocycles. The van der Waals surface area contributed by atoms with Gasteiger partial charge in [-0.3, -0.25) is 4.79 Å². The van der Waals surface area contributed by atoms with E-state index in [0.717, 1.165) is 10.6 Å². The molecule has 0 fully saturated rings. The summed E-state index contributed by atoms with van der Waals surface area (Å²) in [5, 5.41) is 0. The first-order valence-electron chi connectivity index (χ1n) is 5.91. The van der Waals surface area contributed by atoms with Crippen LogP contribution in [0.2, 0.25) is 0 Å². The molecule has 1 aromatic heterocycles. The molecule has 0 radical (unpaired) electrons. The van der Waals surface area contributed by atoms with E-state index in [-0.39, 0.29) is 11.3 Å². The van der Waals surface area contributed by atoms with E-state index in [2.05, 4.69) is 4.98 Å². The van der Waals surface area contributed by atoms with Crippen LogP contribution in [0.25, 0.3) is 0 Å². The second-order valence-electron chi connectivity index (χ2n) is 4.13. The molecule has 0 bridgehead atoms. The molecule has 0 aliphatic rings. The van der Waals surface area contributed by atoms with E-state index in [1.165, 1.54) is 19.1 Å². The van der Waals surface area contributed by atoms with Crippen LogP contribution in [0, 0.1) is 12.7 Å². The van der Waals surface area contributed by atoms with Gasteiger partial charge in [0, 0.05) is 11.3 Å². The highest BCUT2D eigenvalue weighted by atomic mass is 32.1. The number of ether oxygens (including phenoxy) is 1. The van der Waals surface area contributed by atoms with Crippen LogP contribution in [-0.4, -0.2) is 17.4 Å². The molecule has 0 amide bonds. The minimum atomic E-state index is -0.543. The Labute approximate surface area is 115 Å². The Morgan fingerprint density at radius 3 is 2.89 bits per heavy atom. The highest BCUT2D eigenvalue weighted by Crippen LogP contribution is 2.22. The Morgan fingerprint density at radius 2 is 2.26 bits per heavy atom. The number of aryl methyl sites for hydroxylation is 1. The van der Waals surface area contributed by atoms with Crippen LogP contribution in [-0.2, 0) is 6.42 Å². The lowest BCUT2D eigenvalue weighted by molar-refractivity contribution is 0.101. The van der Waals surface area contributed by atoms with Crippen molar-refractivity contribution in [1.82, 2.24) is 4.98 Å². The van der Waals surface area contributed by atoms with Crippen molar-refractivity contribution in [2.45, 2.75) is 20.3 Å². The minimum absolute atomic E-state index is 0.0172. The van der Waals surface area contributed by atoms with Crippen LogP contribution in [0.4, 0.5) is 4.39 Å². The molecule has 0 N–H and O–H groups in total. The maximum atomic E-state index is 13.6. The summed E-state index contributed by atoms with van der Waals surface area (Å²) in [4.78, 5) is 16.7. The first-order chi connectivity index (χ1) is 9.09. The molecule has 0 saturated heterocycles. The van der Waals surface area contributed by atoms with E-state index in [9.17, 15) is 9.18 Å². The van der Waals surface area contributed by atoms with Gasteiger partial charge in [0.15, 0.2) is 5.78 Å². The predicted molar refractivity (Wildman–Crippen MR) is 72.5 cm³/mol. The highest BCUT2D eigenvalue weighted by Gasteiger charge is 2.14. The van der Waals surface area contributed by atoms with Crippen LogP contribution in [0.1, 0.15) is 27.9 Å². The molecule has 0 unspecified atom stereocenters. The molecule has 3 nitrogen and oxygen atoms in total. The Balaban J connectivity index is 2.06. The molecule has 1 aromatic carbocycles. The molecule has 19 heavy (non-hydrogen) atoms. The van der Waals surface area contributed by atoms with Gasteiger partial charge in [-0.2, -0.15) is 0 Å². The molecule has 0 spiro atoms. The van der Waals surface area contributed by atoms with Gasteiger partial charge in [0.2, 0.25) is 0 Å². The van der Waals surface area contributed by atoms with Crippen LogP contribution in [0.5, 0.6) is 5.75 Å². The van der Waals surface area contributed by atoms with E-state index < -0.39 is 5.82 Å². The van der Waals surface area contributed by atoms with Crippen molar-refractivity contribution < 1.29 is 13.9 Å². The summed E-state index contributed by atoms with van der Waals surface area (Å²) in [6.07, 6.45) is 0.699. The van der Waals surface area contributed by atoms with Gasteiger partial charge in [-0.25, -0.2) is 9.37 Å². The normalized spacial score (nSPS) is 10.5. The van der Waals surface area contributed by atoms with Crippen molar-refractivity contribution in [1.29, 1.82) is 0 Å². The summed E-state index contributed by atoms with van der Waals surface area (Å²) in [6.45, 7) is 3.67. The number of hydrogen-bond donors (Lipinski definition) is 0. The summed E-state index contributed by atoms with van der Waals surface area (Å²) in [7, 11) is 0. The largest absolute Gasteiger partial charge is 0.492 e. The zero-order valence-electron chi connectivity index (χ0n) is 10.8. The lowest BCUT2D eigenvalue weighted by atomic mass is 10.1.